The van der Waals surface area contributed by atoms with E-state index in [4.69, 9.17) is 15.2 Å². The number of azo groups is 1. The number of nitrogens with two attached hydrogens (primary N) is 1. The average Bonchev–Trinajstić information content (AvgIpc) is 3.01. The first kappa shape index (κ1) is 16.3. The first-order valence-corrected chi connectivity index (χ1v) is 7.42. The van der Waals surface area contributed by atoms with E-state index in [2.05, 4.69) is 20.4 Å². The number of nitrogen functional groups attached to an aromatic ring is 1. The molecule has 0 radical (unpaired) electrons. The molecule has 4 N–H and O–H groups in total. The summed E-state index contributed by atoms with van der Waals surface area (Å²) in [5.74, 6) is 1.11. The van der Waals surface area contributed by atoms with Gasteiger partial charge in [-0.1, -0.05) is 12.1 Å². The second kappa shape index (κ2) is 6.91. The van der Waals surface area contributed by atoms with Crippen molar-refractivity contribution >= 4 is 17.1 Å². The predicted octanol–water partition coefficient (Wildman–Crippen LogP) is 3.38. The lowest BCUT2D eigenvalue weighted by Crippen LogP contribution is -1.96. The number of H-pyrrole nitrogens is 2. The molecular weight excluding hydrogens is 322 g/mol. The van der Waals surface area contributed by atoms with Gasteiger partial charge in [-0.15, -0.1) is 5.11 Å². The van der Waals surface area contributed by atoms with Crippen LogP contribution in [-0.4, -0.2) is 24.4 Å². The van der Waals surface area contributed by atoms with E-state index >= 15 is 0 Å². The number of hydrogen-bond acceptors (Lipinski definition) is 6. The van der Waals surface area contributed by atoms with Crippen LogP contribution in [0.2, 0.25) is 0 Å². The topological polar surface area (TPSA) is 118 Å². The first-order chi connectivity index (χ1) is 12.1. The Balaban J connectivity index is 1.96. The van der Waals surface area contributed by atoms with Crippen LogP contribution in [0, 0.1) is 0 Å². The summed E-state index contributed by atoms with van der Waals surface area (Å²) in [5, 5.41) is 13.5. The van der Waals surface area contributed by atoms with Gasteiger partial charge in [0.25, 0.3) is 5.56 Å². The van der Waals surface area contributed by atoms with Crippen LogP contribution >= 0.6 is 0 Å². The number of nitrogens with zero attached hydrogens (tertiary/aromatic N) is 2. The second-order valence-corrected chi connectivity index (χ2v) is 5.16. The number of aromatic nitrogens is 2. The van der Waals surface area contributed by atoms with Crippen LogP contribution in [0.25, 0.3) is 11.3 Å². The number of nitrogens with one attached hydrogen (secondary N) is 2. The number of methoxy groups -OCH3 is 2. The molecule has 2 aromatic carbocycles. The molecule has 25 heavy (non-hydrogen) atoms. The monoisotopic (exact) mass is 339 g/mol. The van der Waals surface area contributed by atoms with Gasteiger partial charge in [0.1, 0.15) is 0 Å². The van der Waals surface area contributed by atoms with E-state index in [1.807, 2.05) is 0 Å². The quantitative estimate of drug-likeness (QED) is 0.488. The number of ether oxygens (including phenoxy) is 2. The SMILES string of the molecule is COc1ccc(N=Nc2c(-c3ccc(N)cc3)[nH][nH]c2=O)cc1OC. The van der Waals surface area contributed by atoms with E-state index in [-0.39, 0.29) is 11.2 Å². The number of benzene rings is 2. The molecule has 1 heterocycles. The van der Waals surface area contributed by atoms with Crippen molar-refractivity contribution in [1.82, 2.24) is 10.2 Å². The van der Waals surface area contributed by atoms with Crippen molar-refractivity contribution in [3.8, 4) is 22.8 Å². The van der Waals surface area contributed by atoms with Crippen molar-refractivity contribution in [2.75, 3.05) is 20.0 Å². The van der Waals surface area contributed by atoms with Gasteiger partial charge in [0.15, 0.2) is 17.2 Å². The summed E-state index contributed by atoms with van der Waals surface area (Å²) in [5.41, 5.74) is 7.98. The van der Waals surface area contributed by atoms with E-state index in [1.54, 1.807) is 49.6 Å². The molecule has 128 valence electrons. The third-order valence-corrected chi connectivity index (χ3v) is 3.58. The molecule has 0 aliphatic carbocycles. The van der Waals surface area contributed by atoms with E-state index in [0.717, 1.165) is 5.56 Å². The Kier molecular flexibility index (Phi) is 4.51. The van der Waals surface area contributed by atoms with Crippen molar-refractivity contribution in [1.29, 1.82) is 0 Å². The summed E-state index contributed by atoms with van der Waals surface area (Å²) >= 11 is 0. The number of aromatic amines is 2. The van der Waals surface area contributed by atoms with Gasteiger partial charge in [-0.3, -0.25) is 15.0 Å². The fourth-order valence-electron chi connectivity index (χ4n) is 2.30. The summed E-state index contributed by atoms with van der Waals surface area (Å²) in [4.78, 5) is 12.0. The van der Waals surface area contributed by atoms with Crippen LogP contribution in [0.5, 0.6) is 11.5 Å². The Morgan fingerprint density at radius 2 is 1.64 bits per heavy atom. The van der Waals surface area contributed by atoms with E-state index in [0.29, 0.717) is 28.6 Å². The minimum Gasteiger partial charge on any atom is -0.493 e. The van der Waals surface area contributed by atoms with Crippen LogP contribution in [0.1, 0.15) is 0 Å². The molecule has 0 spiro atoms. The molecule has 1 aromatic heterocycles. The molecular formula is C17H17N5O3. The largest absolute Gasteiger partial charge is 0.493 e. The summed E-state index contributed by atoms with van der Waals surface area (Å²) in [7, 11) is 3.09. The van der Waals surface area contributed by atoms with E-state index in [1.165, 1.54) is 7.11 Å². The Bertz CT molecular complexity index is 957. The molecule has 0 aliphatic rings. The second-order valence-electron chi connectivity index (χ2n) is 5.16. The number of rotatable bonds is 5. The summed E-state index contributed by atoms with van der Waals surface area (Å²) in [6.45, 7) is 0. The zero-order valence-electron chi connectivity index (χ0n) is 13.7. The van der Waals surface area contributed by atoms with E-state index in [9.17, 15) is 4.79 Å². The smallest absolute Gasteiger partial charge is 0.292 e. The van der Waals surface area contributed by atoms with Crippen molar-refractivity contribution in [2.24, 2.45) is 10.2 Å². The lowest BCUT2D eigenvalue weighted by Gasteiger charge is -2.06. The fraction of sp³-hybridized carbons (Fsp3) is 0.118. The minimum atomic E-state index is -0.365. The highest BCUT2D eigenvalue weighted by Crippen LogP contribution is 2.32. The van der Waals surface area contributed by atoms with E-state index < -0.39 is 0 Å². The van der Waals surface area contributed by atoms with Crippen molar-refractivity contribution < 1.29 is 9.47 Å². The molecule has 8 nitrogen and oxygen atoms in total. The maximum absolute atomic E-state index is 12.0. The molecule has 0 fully saturated rings. The summed E-state index contributed by atoms with van der Waals surface area (Å²) in [6.07, 6.45) is 0. The van der Waals surface area contributed by atoms with Gasteiger partial charge in [0.2, 0.25) is 0 Å². The van der Waals surface area contributed by atoms with Gasteiger partial charge in [-0.05, 0) is 24.3 Å². The number of anilines is 1. The lowest BCUT2D eigenvalue weighted by molar-refractivity contribution is 0.355. The van der Waals surface area contributed by atoms with Crippen molar-refractivity contribution in [3.05, 3.63) is 52.8 Å². The molecule has 8 heteroatoms. The maximum atomic E-state index is 12.0. The normalized spacial score (nSPS) is 11.0. The zero-order valence-corrected chi connectivity index (χ0v) is 13.7. The van der Waals surface area contributed by atoms with Crippen molar-refractivity contribution in [3.63, 3.8) is 0 Å². The Labute approximate surface area is 143 Å². The highest BCUT2D eigenvalue weighted by atomic mass is 16.5. The molecule has 0 aliphatic heterocycles. The molecule has 0 amide bonds. The van der Waals surface area contributed by atoms with Gasteiger partial charge in [0, 0.05) is 17.3 Å². The highest BCUT2D eigenvalue weighted by Gasteiger charge is 2.12. The molecule has 0 atom stereocenters. The lowest BCUT2D eigenvalue weighted by atomic mass is 10.1. The van der Waals surface area contributed by atoms with Gasteiger partial charge in [0.05, 0.1) is 25.6 Å². The number of hydrogen-bond donors (Lipinski definition) is 3. The Hall–Kier alpha value is -3.55. The fourth-order valence-corrected chi connectivity index (χ4v) is 2.30. The average molecular weight is 339 g/mol. The first-order valence-electron chi connectivity index (χ1n) is 7.42. The van der Waals surface area contributed by atoms with Crippen molar-refractivity contribution in [2.45, 2.75) is 0 Å². The van der Waals surface area contributed by atoms with Crippen LogP contribution in [0.3, 0.4) is 0 Å². The van der Waals surface area contributed by atoms with Gasteiger partial charge in [-0.2, -0.15) is 5.11 Å². The molecule has 0 saturated carbocycles. The van der Waals surface area contributed by atoms with Crippen LogP contribution in [0.4, 0.5) is 17.1 Å². The molecule has 0 saturated heterocycles. The zero-order chi connectivity index (χ0) is 17.8. The van der Waals surface area contributed by atoms with Gasteiger partial charge < -0.3 is 15.2 Å². The van der Waals surface area contributed by atoms with Crippen LogP contribution < -0.4 is 20.8 Å². The molecule has 0 unspecified atom stereocenters. The predicted molar refractivity (Wildman–Crippen MR) is 95.0 cm³/mol. The van der Waals surface area contributed by atoms with Gasteiger partial charge >= 0.3 is 0 Å². The van der Waals surface area contributed by atoms with Crippen LogP contribution in [0.15, 0.2) is 57.5 Å². The maximum Gasteiger partial charge on any atom is 0.292 e. The molecule has 3 aromatic rings. The summed E-state index contributed by atoms with van der Waals surface area (Å²) in [6, 6.07) is 12.2. The van der Waals surface area contributed by atoms with Crippen LogP contribution in [-0.2, 0) is 0 Å². The minimum absolute atomic E-state index is 0.180. The Morgan fingerprint density at radius 3 is 2.32 bits per heavy atom. The highest BCUT2D eigenvalue weighted by molar-refractivity contribution is 5.72. The molecule has 3 rings (SSSR count). The Morgan fingerprint density at radius 1 is 0.920 bits per heavy atom. The third kappa shape index (κ3) is 3.37. The standard InChI is InChI=1S/C17H17N5O3/c1-24-13-8-7-12(9-14(13)25-2)19-21-16-15(20-22-17(16)23)10-3-5-11(18)6-4-10/h3-9H,18H2,1-2H3,(H2,20,22,23). The summed E-state index contributed by atoms with van der Waals surface area (Å²) < 4.78 is 10.4. The van der Waals surface area contributed by atoms with Gasteiger partial charge in [-0.25, -0.2) is 0 Å². The molecule has 0 bridgehead atoms. The third-order valence-electron chi connectivity index (χ3n) is 3.58.